The van der Waals surface area contributed by atoms with Crippen LogP contribution in [0.4, 0.5) is 4.39 Å². The van der Waals surface area contributed by atoms with E-state index in [1.54, 1.807) is 0 Å². The summed E-state index contributed by atoms with van der Waals surface area (Å²) in [4.78, 5) is 24.4. The molecule has 1 heterocycles. The Labute approximate surface area is 146 Å². The lowest BCUT2D eigenvalue weighted by atomic mass is 10.2. The van der Waals surface area contributed by atoms with Crippen LogP contribution < -0.4 is 5.32 Å². The number of hydrogen-bond acceptors (Lipinski definition) is 6. The van der Waals surface area contributed by atoms with Gasteiger partial charge in [-0.1, -0.05) is 6.07 Å². The van der Waals surface area contributed by atoms with Gasteiger partial charge in [0.15, 0.2) is 0 Å². The molecule has 0 saturated carbocycles. The molecule has 0 radical (unpaired) electrons. The second-order valence-electron chi connectivity index (χ2n) is 5.64. The maximum absolute atomic E-state index is 13.3. The van der Waals surface area contributed by atoms with Gasteiger partial charge in [-0.25, -0.2) is 9.18 Å². The molecular formula is C16H18FNO6S. The van der Waals surface area contributed by atoms with Gasteiger partial charge in [-0.15, -0.1) is 0 Å². The molecule has 1 unspecified atom stereocenters. The van der Waals surface area contributed by atoms with Crippen LogP contribution in [0.25, 0.3) is 0 Å². The van der Waals surface area contributed by atoms with Crippen LogP contribution >= 0.6 is 0 Å². The third-order valence-electron chi connectivity index (χ3n) is 3.27. The summed E-state index contributed by atoms with van der Waals surface area (Å²) >= 11 is 0. The number of hydrogen-bond donors (Lipinski definition) is 1. The molecule has 0 spiro atoms. The van der Waals surface area contributed by atoms with Crippen molar-refractivity contribution >= 4 is 22.7 Å². The minimum absolute atomic E-state index is 0.0351. The second-order valence-corrected chi connectivity index (χ2v) is 6.99. The molecule has 1 amide bonds. The van der Waals surface area contributed by atoms with Crippen LogP contribution in [0.3, 0.4) is 0 Å². The summed E-state index contributed by atoms with van der Waals surface area (Å²) in [6.07, 6.45) is 1.41. The zero-order valence-corrected chi connectivity index (χ0v) is 15.0. The first kappa shape index (κ1) is 18.9. The van der Waals surface area contributed by atoms with Crippen LogP contribution in [0.15, 0.2) is 34.6 Å². The van der Waals surface area contributed by atoms with Gasteiger partial charge in [0.1, 0.15) is 5.82 Å². The summed E-state index contributed by atoms with van der Waals surface area (Å²) in [5.41, 5.74) is 0.478. The second kappa shape index (κ2) is 7.22. The smallest absolute Gasteiger partial charge is 0.381 e. The van der Waals surface area contributed by atoms with Gasteiger partial charge in [-0.2, -0.15) is 0 Å². The van der Waals surface area contributed by atoms with E-state index in [2.05, 4.69) is 5.32 Å². The van der Waals surface area contributed by atoms with E-state index in [1.807, 2.05) is 0 Å². The number of amides is 1. The number of rotatable bonds is 5. The van der Waals surface area contributed by atoms with Gasteiger partial charge in [0, 0.05) is 31.5 Å². The number of methoxy groups -OCH3 is 1. The number of benzene rings is 1. The number of carbonyl (C=O) groups is 2. The Balaban J connectivity index is 2.20. The van der Waals surface area contributed by atoms with Crippen molar-refractivity contribution in [3.05, 3.63) is 41.1 Å². The van der Waals surface area contributed by atoms with Gasteiger partial charge >= 0.3 is 5.97 Å². The highest BCUT2D eigenvalue weighted by Gasteiger charge is 2.41. The van der Waals surface area contributed by atoms with Gasteiger partial charge in [0.25, 0.3) is 11.7 Å². The van der Waals surface area contributed by atoms with E-state index < -0.39 is 34.3 Å². The highest BCUT2D eigenvalue weighted by atomic mass is 32.2. The monoisotopic (exact) mass is 371 g/mol. The lowest BCUT2D eigenvalue weighted by Gasteiger charge is -2.15. The Morgan fingerprint density at radius 2 is 2.04 bits per heavy atom. The Morgan fingerprint density at radius 3 is 2.56 bits per heavy atom. The molecule has 9 heteroatoms. The van der Waals surface area contributed by atoms with E-state index in [1.165, 1.54) is 39.3 Å². The molecule has 0 aromatic heterocycles. The molecule has 25 heavy (non-hydrogen) atoms. The number of carbonyl (C=O) groups excluding carboxylic acids is 2. The normalized spacial score (nSPS) is 18.8. The minimum Gasteiger partial charge on any atom is -0.488 e. The molecule has 136 valence electrons. The Morgan fingerprint density at radius 1 is 1.36 bits per heavy atom. The summed E-state index contributed by atoms with van der Waals surface area (Å²) < 4.78 is 40.2. The zero-order chi connectivity index (χ0) is 18.8. The van der Waals surface area contributed by atoms with Crippen LogP contribution in [0.1, 0.15) is 19.4 Å². The number of esters is 1. The van der Waals surface area contributed by atoms with Gasteiger partial charge < -0.3 is 19.5 Å². The molecular weight excluding hydrogens is 353 g/mol. The number of cyclic esters (lactones) is 1. The van der Waals surface area contributed by atoms with Crippen molar-refractivity contribution in [2.24, 2.45) is 0 Å². The van der Waals surface area contributed by atoms with E-state index in [-0.39, 0.29) is 23.0 Å². The molecule has 1 aliphatic rings. The first-order valence-corrected chi connectivity index (χ1v) is 8.81. The van der Waals surface area contributed by atoms with Crippen molar-refractivity contribution in [1.82, 2.24) is 5.32 Å². The van der Waals surface area contributed by atoms with E-state index in [0.29, 0.717) is 5.56 Å². The third kappa shape index (κ3) is 4.36. The third-order valence-corrected chi connectivity index (χ3v) is 4.27. The van der Waals surface area contributed by atoms with Crippen molar-refractivity contribution in [1.29, 1.82) is 0 Å². The maximum Gasteiger partial charge on any atom is 0.381 e. The van der Waals surface area contributed by atoms with Crippen LogP contribution in [0, 0.1) is 5.82 Å². The van der Waals surface area contributed by atoms with Crippen LogP contribution in [-0.2, 0) is 41.1 Å². The van der Waals surface area contributed by atoms with Gasteiger partial charge in [-0.3, -0.25) is 9.00 Å². The van der Waals surface area contributed by atoms with Gasteiger partial charge in [-0.05, 0) is 17.7 Å². The summed E-state index contributed by atoms with van der Waals surface area (Å²) in [5.74, 6) is -3.91. The van der Waals surface area contributed by atoms with Crippen LogP contribution in [-0.4, -0.2) is 35.2 Å². The van der Waals surface area contributed by atoms with E-state index in [0.717, 1.165) is 6.07 Å². The lowest BCUT2D eigenvalue weighted by molar-refractivity contribution is -0.159. The topological polar surface area (TPSA) is 90.9 Å². The SMILES string of the molecule is COC(C(=O)NCc1ccc(F)cc1S(C)=O)=C1OC(C)(C)OC1=O. The first-order chi connectivity index (χ1) is 11.6. The highest BCUT2D eigenvalue weighted by molar-refractivity contribution is 7.84. The zero-order valence-electron chi connectivity index (χ0n) is 14.2. The molecule has 0 bridgehead atoms. The molecule has 1 aromatic carbocycles. The van der Waals surface area contributed by atoms with Crippen molar-refractivity contribution in [3.63, 3.8) is 0 Å². The summed E-state index contributed by atoms with van der Waals surface area (Å²) in [6.45, 7) is 3.00. The number of ether oxygens (including phenoxy) is 3. The predicted octanol–water partition coefficient (Wildman–Crippen LogP) is 1.35. The fourth-order valence-electron chi connectivity index (χ4n) is 2.20. The first-order valence-electron chi connectivity index (χ1n) is 7.25. The average molecular weight is 371 g/mol. The van der Waals surface area contributed by atoms with Crippen molar-refractivity contribution in [2.75, 3.05) is 13.4 Å². The van der Waals surface area contributed by atoms with Crippen LogP contribution in [0.5, 0.6) is 0 Å². The Bertz CT molecular complexity index is 774. The van der Waals surface area contributed by atoms with Gasteiger partial charge in [0.2, 0.25) is 11.5 Å². The van der Waals surface area contributed by atoms with E-state index in [4.69, 9.17) is 14.2 Å². The number of nitrogens with one attached hydrogen (secondary N) is 1. The molecule has 2 rings (SSSR count). The largest absolute Gasteiger partial charge is 0.488 e. The molecule has 1 saturated heterocycles. The van der Waals surface area contributed by atoms with Crippen LogP contribution in [0.2, 0.25) is 0 Å². The highest BCUT2D eigenvalue weighted by Crippen LogP contribution is 2.28. The Hall–Kier alpha value is -2.42. The fourth-order valence-corrected chi connectivity index (χ4v) is 2.99. The predicted molar refractivity (Wildman–Crippen MR) is 85.9 cm³/mol. The molecule has 7 nitrogen and oxygen atoms in total. The van der Waals surface area contributed by atoms with E-state index in [9.17, 15) is 18.2 Å². The van der Waals surface area contributed by atoms with Crippen molar-refractivity contribution < 1.29 is 32.4 Å². The molecule has 1 N–H and O–H groups in total. The maximum atomic E-state index is 13.3. The number of halogens is 1. The Kier molecular flexibility index (Phi) is 5.46. The summed E-state index contributed by atoms with van der Waals surface area (Å²) in [7, 11) is -0.213. The van der Waals surface area contributed by atoms with Crippen molar-refractivity contribution in [3.8, 4) is 0 Å². The molecule has 1 fully saturated rings. The molecule has 1 aliphatic heterocycles. The van der Waals surface area contributed by atoms with Crippen molar-refractivity contribution in [2.45, 2.75) is 31.1 Å². The minimum atomic E-state index is -1.43. The lowest BCUT2D eigenvalue weighted by Crippen LogP contribution is -2.28. The molecule has 1 atom stereocenters. The molecule has 0 aliphatic carbocycles. The quantitative estimate of drug-likeness (QED) is 0.477. The van der Waals surface area contributed by atoms with Gasteiger partial charge in [0.05, 0.1) is 17.9 Å². The fraction of sp³-hybridized carbons (Fsp3) is 0.375. The standard InChI is InChI=1S/C16H18FNO6S/c1-16(2)23-13(15(20)24-16)12(22-3)14(19)18-8-9-5-6-10(17)7-11(9)25(4)21/h5-7H,8H2,1-4H3,(H,18,19). The van der Waals surface area contributed by atoms with E-state index >= 15 is 0 Å². The average Bonchev–Trinajstić information content (AvgIpc) is 2.79. The molecule has 1 aromatic rings. The summed E-state index contributed by atoms with van der Waals surface area (Å²) in [5, 5.41) is 2.52. The summed E-state index contributed by atoms with van der Waals surface area (Å²) in [6, 6.07) is 3.77.